The highest BCUT2D eigenvalue weighted by molar-refractivity contribution is 5.99. The molecule has 2 rings (SSSR count). The quantitative estimate of drug-likeness (QED) is 0.914. The van der Waals surface area contributed by atoms with Gasteiger partial charge in [0.2, 0.25) is 0 Å². The highest BCUT2D eigenvalue weighted by Crippen LogP contribution is 2.26. The summed E-state index contributed by atoms with van der Waals surface area (Å²) in [5.41, 5.74) is 2.90. The van der Waals surface area contributed by atoms with Gasteiger partial charge in [0.05, 0.1) is 5.56 Å². The number of carbonyl (C=O) groups is 1. The maximum absolute atomic E-state index is 12.8. The largest absolute Gasteiger partial charge is 0.387 e. The molecule has 0 saturated carbocycles. The Balaban J connectivity index is 2.13. The number of rotatable bonds is 3. The van der Waals surface area contributed by atoms with E-state index in [9.17, 15) is 4.79 Å². The second-order valence-corrected chi connectivity index (χ2v) is 6.53. The summed E-state index contributed by atoms with van der Waals surface area (Å²) in [6, 6.07) is 6.01. The van der Waals surface area contributed by atoms with Crippen molar-refractivity contribution in [1.29, 1.82) is 0 Å². The number of likely N-dealkylation sites (tertiary alicyclic amines) is 1. The third-order valence-electron chi connectivity index (χ3n) is 4.68. The summed E-state index contributed by atoms with van der Waals surface area (Å²) >= 11 is 0. The van der Waals surface area contributed by atoms with Crippen LogP contribution in [0, 0.1) is 18.8 Å². The van der Waals surface area contributed by atoms with Gasteiger partial charge in [-0.15, -0.1) is 0 Å². The molecule has 0 aromatic heterocycles. The molecular formula is C18H28N2O. The fraction of sp³-hybridized carbons (Fsp3) is 0.611. The Morgan fingerprint density at radius 1 is 1.29 bits per heavy atom. The van der Waals surface area contributed by atoms with E-state index in [-0.39, 0.29) is 5.91 Å². The first-order valence-electron chi connectivity index (χ1n) is 8.10. The Kier molecular flexibility index (Phi) is 5.27. The first-order valence-corrected chi connectivity index (χ1v) is 8.10. The van der Waals surface area contributed by atoms with Crippen molar-refractivity contribution in [3.05, 3.63) is 29.3 Å². The summed E-state index contributed by atoms with van der Waals surface area (Å²) in [6.07, 6.45) is 3.49. The summed E-state index contributed by atoms with van der Waals surface area (Å²) < 4.78 is 0. The maximum atomic E-state index is 12.8. The maximum Gasteiger partial charge on any atom is 0.255 e. The summed E-state index contributed by atoms with van der Waals surface area (Å²) in [4.78, 5) is 14.8. The van der Waals surface area contributed by atoms with Crippen LogP contribution in [0.25, 0.3) is 0 Å². The zero-order valence-corrected chi connectivity index (χ0v) is 13.8. The molecule has 3 heteroatoms. The minimum atomic E-state index is 0.170. The first kappa shape index (κ1) is 15.9. The van der Waals surface area contributed by atoms with Gasteiger partial charge >= 0.3 is 0 Å². The molecule has 1 amide bonds. The van der Waals surface area contributed by atoms with Gasteiger partial charge in [0.1, 0.15) is 0 Å². The van der Waals surface area contributed by atoms with Crippen molar-refractivity contribution in [2.45, 2.75) is 40.0 Å². The van der Waals surface area contributed by atoms with Crippen LogP contribution in [0.2, 0.25) is 0 Å². The number of anilines is 1. The van der Waals surface area contributed by atoms with Crippen LogP contribution in [-0.4, -0.2) is 30.9 Å². The number of hydrogen-bond donors (Lipinski definition) is 1. The fourth-order valence-corrected chi connectivity index (χ4v) is 3.21. The van der Waals surface area contributed by atoms with Crippen molar-refractivity contribution in [3.8, 4) is 0 Å². The lowest BCUT2D eigenvalue weighted by atomic mass is 9.89. The number of aryl methyl sites for hydroxylation is 1. The summed E-state index contributed by atoms with van der Waals surface area (Å²) in [7, 11) is 1.88. The van der Waals surface area contributed by atoms with Crippen LogP contribution >= 0.6 is 0 Å². The van der Waals surface area contributed by atoms with E-state index >= 15 is 0 Å². The third kappa shape index (κ3) is 3.78. The van der Waals surface area contributed by atoms with E-state index in [4.69, 9.17) is 0 Å². The summed E-state index contributed by atoms with van der Waals surface area (Å²) in [5, 5.41) is 3.15. The molecule has 1 aromatic rings. The zero-order chi connectivity index (χ0) is 15.4. The monoisotopic (exact) mass is 288 g/mol. The lowest BCUT2D eigenvalue weighted by Gasteiger charge is -2.23. The van der Waals surface area contributed by atoms with Crippen molar-refractivity contribution in [2.75, 3.05) is 25.5 Å². The van der Waals surface area contributed by atoms with Gasteiger partial charge in [-0.3, -0.25) is 4.79 Å². The zero-order valence-electron chi connectivity index (χ0n) is 13.8. The molecule has 0 bridgehead atoms. The second kappa shape index (κ2) is 6.97. The molecule has 3 nitrogen and oxygen atoms in total. The van der Waals surface area contributed by atoms with E-state index < -0.39 is 0 Å². The molecule has 1 heterocycles. The Hall–Kier alpha value is -1.51. The highest BCUT2D eigenvalue weighted by Gasteiger charge is 2.24. The number of amides is 1. The number of nitrogens with zero attached hydrogens (tertiary/aromatic N) is 1. The molecule has 1 aliphatic rings. The van der Waals surface area contributed by atoms with E-state index in [1.165, 1.54) is 12.0 Å². The molecule has 1 aromatic carbocycles. The van der Waals surface area contributed by atoms with Crippen molar-refractivity contribution < 1.29 is 4.79 Å². The van der Waals surface area contributed by atoms with E-state index in [0.717, 1.165) is 43.1 Å². The van der Waals surface area contributed by atoms with Gasteiger partial charge in [0, 0.05) is 25.8 Å². The summed E-state index contributed by atoms with van der Waals surface area (Å²) in [5.74, 6) is 1.64. The second-order valence-electron chi connectivity index (χ2n) is 6.53. The Morgan fingerprint density at radius 3 is 2.71 bits per heavy atom. The molecule has 21 heavy (non-hydrogen) atoms. The smallest absolute Gasteiger partial charge is 0.255 e. The lowest BCUT2D eigenvalue weighted by molar-refractivity contribution is 0.0760. The molecule has 1 fully saturated rings. The van der Waals surface area contributed by atoms with Gasteiger partial charge < -0.3 is 10.2 Å². The Bertz CT molecular complexity index is 496. The predicted octanol–water partition coefficient (Wildman–Crippen LogP) is 3.94. The van der Waals surface area contributed by atoms with Crippen LogP contribution in [0.3, 0.4) is 0 Å². The normalized spacial score (nSPS) is 19.5. The molecule has 1 saturated heterocycles. The third-order valence-corrected chi connectivity index (χ3v) is 4.68. The van der Waals surface area contributed by atoms with Crippen molar-refractivity contribution in [1.82, 2.24) is 4.90 Å². The van der Waals surface area contributed by atoms with E-state index in [1.54, 1.807) is 0 Å². The van der Waals surface area contributed by atoms with Crippen LogP contribution < -0.4 is 5.32 Å². The van der Waals surface area contributed by atoms with Crippen molar-refractivity contribution in [2.24, 2.45) is 11.8 Å². The van der Waals surface area contributed by atoms with E-state index in [0.29, 0.717) is 5.92 Å². The minimum Gasteiger partial charge on any atom is -0.387 e. The molecule has 1 N–H and O–H groups in total. The lowest BCUT2D eigenvalue weighted by Crippen LogP contribution is -2.32. The van der Waals surface area contributed by atoms with E-state index in [2.05, 4.69) is 19.2 Å². The minimum absolute atomic E-state index is 0.170. The Labute approximate surface area is 128 Å². The van der Waals surface area contributed by atoms with Crippen molar-refractivity contribution in [3.63, 3.8) is 0 Å². The molecule has 0 aliphatic carbocycles. The summed E-state index contributed by atoms with van der Waals surface area (Å²) in [6.45, 7) is 8.41. The van der Waals surface area contributed by atoms with Gasteiger partial charge in [-0.2, -0.15) is 0 Å². The average Bonchev–Trinajstić information content (AvgIpc) is 2.72. The molecule has 0 radical (unpaired) electrons. The number of carbonyl (C=O) groups excluding carboxylic acids is 1. The van der Waals surface area contributed by atoms with Crippen LogP contribution in [0.5, 0.6) is 0 Å². The van der Waals surface area contributed by atoms with E-state index in [1.807, 2.05) is 37.1 Å². The SMILES string of the molecule is CNc1cc(C)ccc1C(=O)N1CCCC(C(C)C)CC1. The van der Waals surface area contributed by atoms with Crippen LogP contribution in [0.4, 0.5) is 5.69 Å². The number of hydrogen-bond acceptors (Lipinski definition) is 2. The van der Waals surface area contributed by atoms with Crippen LogP contribution in [-0.2, 0) is 0 Å². The van der Waals surface area contributed by atoms with Gasteiger partial charge in [-0.05, 0) is 55.7 Å². The molecule has 116 valence electrons. The molecule has 0 spiro atoms. The Morgan fingerprint density at radius 2 is 2.05 bits per heavy atom. The molecule has 1 atom stereocenters. The van der Waals surface area contributed by atoms with Crippen molar-refractivity contribution >= 4 is 11.6 Å². The van der Waals surface area contributed by atoms with Gasteiger partial charge in [-0.25, -0.2) is 0 Å². The van der Waals surface area contributed by atoms with Crippen LogP contribution in [0.15, 0.2) is 18.2 Å². The molecule has 1 unspecified atom stereocenters. The van der Waals surface area contributed by atoms with Gasteiger partial charge in [0.25, 0.3) is 5.91 Å². The first-order chi connectivity index (χ1) is 10.0. The standard InChI is InChI=1S/C18H28N2O/c1-13(2)15-6-5-10-20(11-9-15)18(21)16-8-7-14(3)12-17(16)19-4/h7-8,12-13,15,19H,5-6,9-11H2,1-4H3. The number of benzene rings is 1. The fourth-order valence-electron chi connectivity index (χ4n) is 3.21. The average molecular weight is 288 g/mol. The number of nitrogens with one attached hydrogen (secondary N) is 1. The van der Waals surface area contributed by atoms with Gasteiger partial charge in [-0.1, -0.05) is 19.9 Å². The topological polar surface area (TPSA) is 32.3 Å². The highest BCUT2D eigenvalue weighted by atomic mass is 16.2. The molecular weight excluding hydrogens is 260 g/mol. The predicted molar refractivity (Wildman–Crippen MR) is 88.8 cm³/mol. The van der Waals surface area contributed by atoms with Crippen LogP contribution in [0.1, 0.15) is 49.0 Å². The van der Waals surface area contributed by atoms with Gasteiger partial charge in [0.15, 0.2) is 0 Å². The molecule has 1 aliphatic heterocycles.